The van der Waals surface area contributed by atoms with Crippen LogP contribution in [0.1, 0.15) is 30.1 Å². The van der Waals surface area contributed by atoms with Crippen molar-refractivity contribution in [3.8, 4) is 5.75 Å². The van der Waals surface area contributed by atoms with Crippen molar-refractivity contribution in [3.05, 3.63) is 29.8 Å². The lowest BCUT2D eigenvalue weighted by atomic mass is 9.90. The van der Waals surface area contributed by atoms with Gasteiger partial charge in [-0.05, 0) is 38.0 Å². The summed E-state index contributed by atoms with van der Waals surface area (Å²) in [6.07, 6.45) is 1.94. The Labute approximate surface area is 101 Å². The molecule has 0 bridgehead atoms. The molecule has 0 atom stereocenters. The second kappa shape index (κ2) is 5.19. The molecule has 92 valence electrons. The first kappa shape index (κ1) is 11.9. The summed E-state index contributed by atoms with van der Waals surface area (Å²) in [6, 6.07) is 7.32. The number of hydrogen-bond acceptors (Lipinski definition) is 4. The molecule has 0 spiro atoms. The lowest BCUT2D eigenvalue weighted by molar-refractivity contribution is 0.0524. The van der Waals surface area contributed by atoms with Gasteiger partial charge in [-0.25, -0.2) is 4.79 Å². The van der Waals surface area contributed by atoms with Crippen molar-refractivity contribution in [2.75, 3.05) is 6.61 Å². The average Bonchev–Trinajstić information content (AvgIpc) is 2.28. The molecule has 1 aromatic carbocycles. The highest BCUT2D eigenvalue weighted by molar-refractivity contribution is 5.89. The molecule has 1 saturated carbocycles. The number of carbonyl (C=O) groups excluding carboxylic acids is 1. The van der Waals surface area contributed by atoms with Gasteiger partial charge in [-0.3, -0.25) is 0 Å². The Morgan fingerprint density at radius 2 is 2.24 bits per heavy atom. The van der Waals surface area contributed by atoms with E-state index in [4.69, 9.17) is 15.2 Å². The largest absolute Gasteiger partial charge is 0.490 e. The third-order valence-corrected chi connectivity index (χ3v) is 2.78. The van der Waals surface area contributed by atoms with Crippen LogP contribution < -0.4 is 10.5 Å². The predicted octanol–water partition coefficient (Wildman–Crippen LogP) is 1.73. The Morgan fingerprint density at radius 3 is 2.88 bits per heavy atom. The van der Waals surface area contributed by atoms with E-state index in [9.17, 15) is 4.79 Å². The molecule has 0 aromatic heterocycles. The summed E-state index contributed by atoms with van der Waals surface area (Å²) >= 11 is 0. The predicted molar refractivity (Wildman–Crippen MR) is 64.0 cm³/mol. The summed E-state index contributed by atoms with van der Waals surface area (Å²) in [6.45, 7) is 2.16. The Hall–Kier alpha value is -1.55. The number of hydrogen-bond donors (Lipinski definition) is 1. The fourth-order valence-corrected chi connectivity index (χ4v) is 1.81. The highest BCUT2D eigenvalue weighted by Gasteiger charge is 2.27. The minimum absolute atomic E-state index is 0.183. The molecule has 1 aromatic rings. The van der Waals surface area contributed by atoms with E-state index in [1.807, 2.05) is 6.07 Å². The zero-order valence-corrected chi connectivity index (χ0v) is 9.89. The molecule has 0 amide bonds. The van der Waals surface area contributed by atoms with E-state index in [0.29, 0.717) is 17.9 Å². The van der Waals surface area contributed by atoms with E-state index >= 15 is 0 Å². The summed E-state index contributed by atoms with van der Waals surface area (Å²) in [5, 5.41) is 0. The molecule has 0 unspecified atom stereocenters. The molecule has 0 saturated heterocycles. The van der Waals surface area contributed by atoms with E-state index in [1.54, 1.807) is 25.1 Å². The highest BCUT2D eigenvalue weighted by atomic mass is 16.5. The van der Waals surface area contributed by atoms with E-state index < -0.39 is 0 Å². The smallest absolute Gasteiger partial charge is 0.338 e. The van der Waals surface area contributed by atoms with Crippen LogP contribution in [0.15, 0.2) is 24.3 Å². The molecule has 0 heterocycles. The van der Waals surface area contributed by atoms with Gasteiger partial charge in [0, 0.05) is 6.04 Å². The van der Waals surface area contributed by atoms with Crippen LogP contribution in [0.25, 0.3) is 0 Å². The Kier molecular flexibility index (Phi) is 3.64. The SMILES string of the molecule is CCOC(=O)c1cccc(OC2CC(N)C2)c1. The first-order valence-electron chi connectivity index (χ1n) is 5.88. The van der Waals surface area contributed by atoms with Crippen LogP contribution in [0.5, 0.6) is 5.75 Å². The fraction of sp³-hybridized carbons (Fsp3) is 0.462. The zero-order chi connectivity index (χ0) is 12.3. The van der Waals surface area contributed by atoms with Crippen LogP contribution in [0.3, 0.4) is 0 Å². The van der Waals surface area contributed by atoms with Crippen LogP contribution in [-0.4, -0.2) is 24.7 Å². The summed E-state index contributed by atoms with van der Waals surface area (Å²) in [4.78, 5) is 11.5. The summed E-state index contributed by atoms with van der Waals surface area (Å²) in [5.74, 6) is 0.385. The van der Waals surface area contributed by atoms with Gasteiger partial charge in [0.1, 0.15) is 11.9 Å². The minimum Gasteiger partial charge on any atom is -0.490 e. The van der Waals surface area contributed by atoms with Gasteiger partial charge in [-0.2, -0.15) is 0 Å². The topological polar surface area (TPSA) is 61.5 Å². The van der Waals surface area contributed by atoms with Gasteiger partial charge in [-0.15, -0.1) is 0 Å². The first-order valence-corrected chi connectivity index (χ1v) is 5.88. The Morgan fingerprint density at radius 1 is 1.47 bits per heavy atom. The number of esters is 1. The highest BCUT2D eigenvalue weighted by Crippen LogP contribution is 2.25. The molecular formula is C13H17NO3. The number of nitrogens with two attached hydrogens (primary N) is 1. The van der Waals surface area contributed by atoms with Crippen LogP contribution in [-0.2, 0) is 4.74 Å². The van der Waals surface area contributed by atoms with Crippen molar-refractivity contribution >= 4 is 5.97 Å². The molecule has 2 N–H and O–H groups in total. The molecule has 17 heavy (non-hydrogen) atoms. The maximum atomic E-state index is 11.5. The lowest BCUT2D eigenvalue weighted by Crippen LogP contribution is -2.43. The average molecular weight is 235 g/mol. The molecular weight excluding hydrogens is 218 g/mol. The lowest BCUT2D eigenvalue weighted by Gasteiger charge is -2.32. The van der Waals surface area contributed by atoms with Gasteiger partial charge in [-0.1, -0.05) is 6.07 Å². The Bertz CT molecular complexity index is 399. The van der Waals surface area contributed by atoms with Crippen molar-refractivity contribution in [1.29, 1.82) is 0 Å². The number of rotatable bonds is 4. The second-order valence-corrected chi connectivity index (χ2v) is 4.22. The maximum Gasteiger partial charge on any atom is 0.338 e. The van der Waals surface area contributed by atoms with Gasteiger partial charge in [0.15, 0.2) is 0 Å². The van der Waals surface area contributed by atoms with Crippen LogP contribution in [0, 0.1) is 0 Å². The summed E-state index contributed by atoms with van der Waals surface area (Å²) < 4.78 is 10.6. The van der Waals surface area contributed by atoms with Crippen molar-refractivity contribution in [2.24, 2.45) is 5.73 Å². The number of carbonyl (C=O) groups is 1. The van der Waals surface area contributed by atoms with Crippen LogP contribution in [0.2, 0.25) is 0 Å². The van der Waals surface area contributed by atoms with E-state index in [1.165, 1.54) is 0 Å². The van der Waals surface area contributed by atoms with E-state index in [-0.39, 0.29) is 18.1 Å². The molecule has 4 heteroatoms. The summed E-state index contributed by atoms with van der Waals surface area (Å²) in [5.41, 5.74) is 6.21. The molecule has 2 rings (SSSR count). The molecule has 0 aliphatic heterocycles. The molecule has 1 fully saturated rings. The quantitative estimate of drug-likeness (QED) is 0.807. The standard InChI is InChI=1S/C13H17NO3/c1-2-16-13(15)9-4-3-5-11(6-9)17-12-7-10(14)8-12/h3-6,10,12H,2,7-8,14H2,1H3. The van der Waals surface area contributed by atoms with Crippen molar-refractivity contribution in [3.63, 3.8) is 0 Å². The molecule has 1 aliphatic carbocycles. The number of benzene rings is 1. The molecule has 0 radical (unpaired) electrons. The van der Waals surface area contributed by atoms with Gasteiger partial charge in [0.05, 0.1) is 12.2 Å². The fourth-order valence-electron chi connectivity index (χ4n) is 1.81. The first-order chi connectivity index (χ1) is 8.19. The normalized spacial score (nSPS) is 22.7. The van der Waals surface area contributed by atoms with E-state index in [2.05, 4.69) is 0 Å². The monoisotopic (exact) mass is 235 g/mol. The van der Waals surface area contributed by atoms with Crippen molar-refractivity contribution in [2.45, 2.75) is 31.9 Å². The minimum atomic E-state index is -0.316. The van der Waals surface area contributed by atoms with Gasteiger partial charge < -0.3 is 15.2 Å². The maximum absolute atomic E-state index is 11.5. The van der Waals surface area contributed by atoms with Crippen LogP contribution >= 0.6 is 0 Å². The molecule has 4 nitrogen and oxygen atoms in total. The van der Waals surface area contributed by atoms with Gasteiger partial charge >= 0.3 is 5.97 Å². The third kappa shape index (κ3) is 2.97. The summed E-state index contributed by atoms with van der Waals surface area (Å²) in [7, 11) is 0. The van der Waals surface area contributed by atoms with Gasteiger partial charge in [0.25, 0.3) is 0 Å². The molecule has 1 aliphatic rings. The Balaban J connectivity index is 1.98. The second-order valence-electron chi connectivity index (χ2n) is 4.22. The van der Waals surface area contributed by atoms with Crippen molar-refractivity contribution < 1.29 is 14.3 Å². The van der Waals surface area contributed by atoms with Crippen LogP contribution in [0.4, 0.5) is 0 Å². The van der Waals surface area contributed by atoms with Gasteiger partial charge in [0.2, 0.25) is 0 Å². The van der Waals surface area contributed by atoms with Crippen molar-refractivity contribution in [1.82, 2.24) is 0 Å². The number of ether oxygens (including phenoxy) is 2. The zero-order valence-electron chi connectivity index (χ0n) is 9.89. The third-order valence-electron chi connectivity index (χ3n) is 2.78. The van der Waals surface area contributed by atoms with E-state index in [0.717, 1.165) is 12.8 Å².